The third-order valence-corrected chi connectivity index (χ3v) is 6.12. The summed E-state index contributed by atoms with van der Waals surface area (Å²) >= 11 is 6.18. The molecular weight excluding hydrogens is 474 g/mol. The third kappa shape index (κ3) is 5.55. The number of anilines is 5. The first kappa shape index (κ1) is 23.6. The van der Waals surface area contributed by atoms with E-state index in [2.05, 4.69) is 25.4 Å². The van der Waals surface area contributed by atoms with E-state index in [0.717, 1.165) is 54.6 Å². The Balaban J connectivity index is 1.40. The predicted molar refractivity (Wildman–Crippen MR) is 145 cm³/mol. The molecule has 4 aromatic rings. The second kappa shape index (κ2) is 10.6. The van der Waals surface area contributed by atoms with Gasteiger partial charge < -0.3 is 20.4 Å². The summed E-state index contributed by atoms with van der Waals surface area (Å²) in [4.78, 5) is 30.0. The quantitative estimate of drug-likeness (QED) is 0.376. The van der Waals surface area contributed by atoms with E-state index < -0.39 is 0 Å². The standard InChI is InChI=1S/C27H26ClN7O/c1-19(36)30-23-9-2-3-10-24(23)34-12-14-35(15-13-34)26-17-25(31-22-8-4-7-21(28)16-22)32-27(33-26)20-6-5-11-29-18-20/h2-11,16-18H,12-15H2,1H3,(H,30,36)(H,31,32,33). The zero-order valence-corrected chi connectivity index (χ0v) is 20.6. The monoisotopic (exact) mass is 499 g/mol. The highest BCUT2D eigenvalue weighted by atomic mass is 35.5. The van der Waals surface area contributed by atoms with E-state index >= 15 is 0 Å². The highest BCUT2D eigenvalue weighted by Crippen LogP contribution is 2.29. The maximum atomic E-state index is 11.6. The van der Waals surface area contributed by atoms with Crippen LogP contribution in [-0.4, -0.2) is 47.0 Å². The smallest absolute Gasteiger partial charge is 0.221 e. The van der Waals surface area contributed by atoms with Crippen LogP contribution in [-0.2, 0) is 4.79 Å². The molecule has 0 radical (unpaired) electrons. The minimum absolute atomic E-state index is 0.0789. The number of nitrogens with zero attached hydrogens (tertiary/aromatic N) is 5. The number of amides is 1. The number of hydrogen-bond acceptors (Lipinski definition) is 7. The van der Waals surface area contributed by atoms with Crippen LogP contribution in [0.4, 0.5) is 28.7 Å². The molecule has 182 valence electrons. The molecule has 9 heteroatoms. The molecule has 0 atom stereocenters. The van der Waals surface area contributed by atoms with Crippen molar-refractivity contribution in [1.29, 1.82) is 0 Å². The lowest BCUT2D eigenvalue weighted by Crippen LogP contribution is -2.47. The van der Waals surface area contributed by atoms with Crippen LogP contribution >= 0.6 is 11.6 Å². The predicted octanol–water partition coefficient (Wildman–Crippen LogP) is 5.22. The Kier molecular flexibility index (Phi) is 6.95. The number of carbonyl (C=O) groups excluding carboxylic acids is 1. The molecule has 8 nitrogen and oxygen atoms in total. The molecule has 1 saturated heterocycles. The van der Waals surface area contributed by atoms with Gasteiger partial charge in [0, 0.05) is 67.8 Å². The summed E-state index contributed by atoms with van der Waals surface area (Å²) in [6.07, 6.45) is 3.50. The zero-order valence-electron chi connectivity index (χ0n) is 19.9. The number of carbonyl (C=O) groups is 1. The maximum absolute atomic E-state index is 11.6. The van der Waals surface area contributed by atoms with Crippen molar-refractivity contribution in [2.45, 2.75) is 6.92 Å². The fraction of sp³-hybridized carbons (Fsp3) is 0.185. The Labute approximate surface area is 215 Å². The van der Waals surface area contributed by atoms with E-state index in [-0.39, 0.29) is 5.91 Å². The van der Waals surface area contributed by atoms with Gasteiger partial charge in [0.15, 0.2) is 5.82 Å². The minimum atomic E-state index is -0.0789. The van der Waals surface area contributed by atoms with Gasteiger partial charge in [-0.15, -0.1) is 0 Å². The van der Waals surface area contributed by atoms with Crippen molar-refractivity contribution >= 4 is 46.2 Å². The Hall–Kier alpha value is -4.17. The van der Waals surface area contributed by atoms with Crippen LogP contribution in [0.15, 0.2) is 79.1 Å². The largest absolute Gasteiger partial charge is 0.366 e. The van der Waals surface area contributed by atoms with Gasteiger partial charge in [-0.2, -0.15) is 0 Å². The minimum Gasteiger partial charge on any atom is -0.366 e. The van der Waals surface area contributed by atoms with Gasteiger partial charge >= 0.3 is 0 Å². The number of rotatable bonds is 6. The molecule has 0 spiro atoms. The molecule has 0 unspecified atom stereocenters. The van der Waals surface area contributed by atoms with Crippen molar-refractivity contribution < 1.29 is 4.79 Å². The average Bonchev–Trinajstić information content (AvgIpc) is 2.89. The molecule has 0 saturated carbocycles. The summed E-state index contributed by atoms with van der Waals surface area (Å²) in [6.45, 7) is 4.65. The first-order valence-electron chi connectivity index (χ1n) is 11.7. The molecule has 36 heavy (non-hydrogen) atoms. The lowest BCUT2D eigenvalue weighted by Gasteiger charge is -2.37. The molecule has 5 rings (SSSR count). The van der Waals surface area contributed by atoms with Crippen molar-refractivity contribution in [2.24, 2.45) is 0 Å². The van der Waals surface area contributed by atoms with Gasteiger partial charge in [0.25, 0.3) is 0 Å². The van der Waals surface area contributed by atoms with Crippen molar-refractivity contribution in [1.82, 2.24) is 15.0 Å². The number of para-hydroxylation sites is 2. The first-order valence-corrected chi connectivity index (χ1v) is 12.1. The molecule has 2 N–H and O–H groups in total. The topological polar surface area (TPSA) is 86.3 Å². The fourth-order valence-electron chi connectivity index (χ4n) is 4.22. The summed E-state index contributed by atoms with van der Waals surface area (Å²) in [5, 5.41) is 6.95. The number of pyridine rings is 1. The fourth-order valence-corrected chi connectivity index (χ4v) is 4.41. The molecule has 1 amide bonds. The molecule has 1 fully saturated rings. The van der Waals surface area contributed by atoms with Gasteiger partial charge in [0.1, 0.15) is 11.6 Å². The van der Waals surface area contributed by atoms with Crippen molar-refractivity contribution in [3.63, 3.8) is 0 Å². The van der Waals surface area contributed by atoms with Crippen LogP contribution in [0.3, 0.4) is 0 Å². The van der Waals surface area contributed by atoms with Gasteiger partial charge in [-0.05, 0) is 42.5 Å². The number of hydrogen-bond donors (Lipinski definition) is 2. The second-order valence-corrected chi connectivity index (χ2v) is 8.92. The van der Waals surface area contributed by atoms with E-state index in [1.54, 1.807) is 12.4 Å². The third-order valence-electron chi connectivity index (χ3n) is 5.89. The second-order valence-electron chi connectivity index (χ2n) is 8.48. The normalized spacial score (nSPS) is 13.4. The highest BCUT2D eigenvalue weighted by Gasteiger charge is 2.22. The molecule has 3 heterocycles. The van der Waals surface area contributed by atoms with E-state index in [4.69, 9.17) is 21.6 Å². The summed E-state index contributed by atoms with van der Waals surface area (Å²) in [5.41, 5.74) is 3.54. The Morgan fingerprint density at radius 2 is 1.72 bits per heavy atom. The molecule has 1 aliphatic rings. The SMILES string of the molecule is CC(=O)Nc1ccccc1N1CCN(c2cc(Nc3cccc(Cl)c3)nc(-c3cccnc3)n2)CC1. The van der Waals surface area contributed by atoms with Crippen LogP contribution < -0.4 is 20.4 Å². The molecule has 1 aliphatic heterocycles. The summed E-state index contributed by atoms with van der Waals surface area (Å²) in [6, 6.07) is 21.2. The van der Waals surface area contributed by atoms with E-state index in [0.29, 0.717) is 16.7 Å². The zero-order chi connectivity index (χ0) is 24.9. The van der Waals surface area contributed by atoms with Crippen LogP contribution in [0.2, 0.25) is 5.02 Å². The van der Waals surface area contributed by atoms with Gasteiger partial charge in [-0.1, -0.05) is 29.8 Å². The van der Waals surface area contributed by atoms with Gasteiger partial charge in [0.05, 0.1) is 11.4 Å². The Morgan fingerprint density at radius 1 is 0.917 bits per heavy atom. The first-order chi connectivity index (χ1) is 17.5. The van der Waals surface area contributed by atoms with Crippen LogP contribution in [0, 0.1) is 0 Å². The van der Waals surface area contributed by atoms with Crippen molar-refractivity contribution in [3.05, 3.63) is 84.1 Å². The Morgan fingerprint density at radius 3 is 2.47 bits per heavy atom. The van der Waals surface area contributed by atoms with E-state index in [9.17, 15) is 4.79 Å². The number of benzene rings is 2. The van der Waals surface area contributed by atoms with Crippen LogP contribution in [0.1, 0.15) is 6.92 Å². The summed E-state index contributed by atoms with van der Waals surface area (Å²) < 4.78 is 0. The molecule has 2 aromatic carbocycles. The lowest BCUT2D eigenvalue weighted by atomic mass is 10.2. The van der Waals surface area contributed by atoms with Gasteiger partial charge in [-0.3, -0.25) is 9.78 Å². The molecule has 2 aromatic heterocycles. The van der Waals surface area contributed by atoms with Crippen LogP contribution in [0.5, 0.6) is 0 Å². The molecule has 0 bridgehead atoms. The number of halogens is 1. The maximum Gasteiger partial charge on any atom is 0.221 e. The number of piperazine rings is 1. The van der Waals surface area contributed by atoms with Gasteiger partial charge in [0.2, 0.25) is 5.91 Å². The van der Waals surface area contributed by atoms with E-state index in [1.807, 2.05) is 66.7 Å². The van der Waals surface area contributed by atoms with Crippen LogP contribution in [0.25, 0.3) is 11.4 Å². The Bertz CT molecular complexity index is 1360. The van der Waals surface area contributed by atoms with Gasteiger partial charge in [-0.25, -0.2) is 9.97 Å². The average molecular weight is 500 g/mol. The van der Waals surface area contributed by atoms with Crippen molar-refractivity contribution in [2.75, 3.05) is 46.6 Å². The van der Waals surface area contributed by atoms with Crippen molar-refractivity contribution in [3.8, 4) is 11.4 Å². The molecular formula is C27H26ClN7O. The number of nitrogens with one attached hydrogen (secondary N) is 2. The number of aromatic nitrogens is 3. The lowest BCUT2D eigenvalue weighted by molar-refractivity contribution is -0.114. The highest BCUT2D eigenvalue weighted by molar-refractivity contribution is 6.30. The molecule has 0 aliphatic carbocycles. The van der Waals surface area contributed by atoms with E-state index in [1.165, 1.54) is 6.92 Å². The summed E-state index contributed by atoms with van der Waals surface area (Å²) in [5.74, 6) is 2.04. The summed E-state index contributed by atoms with van der Waals surface area (Å²) in [7, 11) is 0.